The van der Waals surface area contributed by atoms with Gasteiger partial charge in [0.2, 0.25) is 5.91 Å². The van der Waals surface area contributed by atoms with E-state index >= 15 is 0 Å². The van der Waals surface area contributed by atoms with Crippen molar-refractivity contribution in [2.75, 3.05) is 33.4 Å². The summed E-state index contributed by atoms with van der Waals surface area (Å²) in [5.41, 5.74) is 7.50. The maximum atomic E-state index is 12.7. The average molecular weight is 441 g/mol. The Morgan fingerprint density at radius 1 is 1.25 bits per heavy atom. The van der Waals surface area contributed by atoms with Crippen LogP contribution in [0.2, 0.25) is 0 Å². The highest BCUT2D eigenvalue weighted by molar-refractivity contribution is 5.96. The number of allylic oxidation sites excluding steroid dienone is 4. The van der Waals surface area contributed by atoms with Gasteiger partial charge in [0, 0.05) is 6.42 Å². The second-order valence-corrected chi connectivity index (χ2v) is 7.37. The molecular weight excluding hydrogens is 414 g/mol. The Kier molecular flexibility index (Phi) is 7.45. The number of benzene rings is 1. The van der Waals surface area contributed by atoms with Gasteiger partial charge in [-0.2, -0.15) is 0 Å². The second-order valence-electron chi connectivity index (χ2n) is 7.37. The number of ether oxygens (including phenoxy) is 3. The van der Waals surface area contributed by atoms with Crippen molar-refractivity contribution in [3.63, 3.8) is 0 Å². The van der Waals surface area contributed by atoms with Crippen LogP contribution in [0.1, 0.15) is 12.0 Å². The molecule has 0 bridgehead atoms. The van der Waals surface area contributed by atoms with Crippen LogP contribution >= 0.6 is 0 Å². The maximum absolute atomic E-state index is 12.7. The van der Waals surface area contributed by atoms with Crippen LogP contribution in [0.15, 0.2) is 60.8 Å². The van der Waals surface area contributed by atoms with E-state index in [1.165, 1.54) is 18.1 Å². The van der Waals surface area contributed by atoms with E-state index in [0.29, 0.717) is 13.2 Å². The van der Waals surface area contributed by atoms with Gasteiger partial charge in [0.1, 0.15) is 6.04 Å². The van der Waals surface area contributed by atoms with Gasteiger partial charge in [-0.15, -0.1) is 0 Å². The van der Waals surface area contributed by atoms with Crippen LogP contribution in [0.5, 0.6) is 0 Å². The number of hydrogen-bond acceptors (Lipinski definition) is 7. The summed E-state index contributed by atoms with van der Waals surface area (Å²) < 4.78 is 16.0. The molecular formula is C23H27N3O6. The normalized spacial score (nSPS) is 20.3. The van der Waals surface area contributed by atoms with Crippen LogP contribution in [-0.4, -0.2) is 67.9 Å². The zero-order valence-electron chi connectivity index (χ0n) is 17.9. The third-order valence-electron chi connectivity index (χ3n) is 5.33. The monoisotopic (exact) mass is 441 g/mol. The summed E-state index contributed by atoms with van der Waals surface area (Å²) in [6.45, 7) is 4.29. The molecule has 2 saturated heterocycles. The summed E-state index contributed by atoms with van der Waals surface area (Å²) >= 11 is 0. The number of likely N-dealkylation sites (tertiary alicyclic amines) is 1. The van der Waals surface area contributed by atoms with Crippen LogP contribution in [0.3, 0.4) is 0 Å². The van der Waals surface area contributed by atoms with Crippen LogP contribution in [0.25, 0.3) is 5.57 Å². The quantitative estimate of drug-likeness (QED) is 0.364. The number of nitrogens with two attached hydrogens (primary N) is 1. The van der Waals surface area contributed by atoms with E-state index in [1.807, 2.05) is 30.3 Å². The van der Waals surface area contributed by atoms with Gasteiger partial charge in [-0.05, 0) is 17.2 Å². The van der Waals surface area contributed by atoms with Crippen LogP contribution in [0, 0.1) is 0 Å². The Hall–Kier alpha value is -3.43. The van der Waals surface area contributed by atoms with E-state index in [4.69, 9.17) is 19.9 Å². The molecule has 2 heterocycles. The summed E-state index contributed by atoms with van der Waals surface area (Å²) in [5.74, 6) is -2.66. The van der Waals surface area contributed by atoms with E-state index in [1.54, 1.807) is 12.2 Å². The molecule has 1 spiro atoms. The van der Waals surface area contributed by atoms with Crippen LogP contribution in [-0.2, 0) is 28.6 Å². The summed E-state index contributed by atoms with van der Waals surface area (Å²) in [7, 11) is 1.25. The molecule has 1 aromatic rings. The zero-order chi connectivity index (χ0) is 23.1. The molecule has 32 heavy (non-hydrogen) atoms. The lowest BCUT2D eigenvalue weighted by molar-refractivity contribution is -0.152. The van der Waals surface area contributed by atoms with Crippen LogP contribution in [0.4, 0.5) is 0 Å². The molecule has 1 aromatic carbocycles. The van der Waals surface area contributed by atoms with E-state index in [9.17, 15) is 14.4 Å². The third kappa shape index (κ3) is 5.24. The molecule has 0 radical (unpaired) electrons. The molecule has 9 heteroatoms. The molecule has 0 aliphatic carbocycles. The summed E-state index contributed by atoms with van der Waals surface area (Å²) in [6.07, 6.45) is 4.96. The van der Waals surface area contributed by atoms with Crippen molar-refractivity contribution >= 4 is 23.4 Å². The first-order valence-electron chi connectivity index (χ1n) is 10.2. The highest BCUT2D eigenvalue weighted by atomic mass is 16.7. The largest absolute Gasteiger partial charge is 0.467 e. The van der Waals surface area contributed by atoms with Crippen molar-refractivity contribution in [3.8, 4) is 0 Å². The number of rotatable bonds is 7. The third-order valence-corrected chi connectivity index (χ3v) is 5.33. The lowest BCUT2D eigenvalue weighted by atomic mass is 10.1. The predicted octanol–water partition coefficient (Wildman–Crippen LogP) is 0.732. The van der Waals surface area contributed by atoms with Gasteiger partial charge in [-0.3, -0.25) is 9.59 Å². The minimum absolute atomic E-state index is 0.0713. The minimum atomic E-state index is -1.01. The van der Waals surface area contributed by atoms with Crippen molar-refractivity contribution in [1.82, 2.24) is 10.2 Å². The fraction of sp³-hybridized carbons (Fsp3) is 0.348. The molecule has 0 saturated carbocycles. The molecule has 9 nitrogen and oxygen atoms in total. The van der Waals surface area contributed by atoms with Gasteiger partial charge in [0.25, 0.3) is 5.91 Å². The standard InChI is InChI=1S/C23H27N3O6/c1-3-16(17-7-5-4-6-8-17)9-10-18(24)21(28)25-14-20(27)26-15-23(31-11-12-32-23)13-19(26)22(29)30-2/h3-10,19H,1,11-15,24H2,2H3,(H,25,28)/b16-9+,18-10-/t19-/m0/s1. The Balaban J connectivity index is 1.62. The van der Waals surface area contributed by atoms with Gasteiger partial charge in [-0.1, -0.05) is 49.1 Å². The molecule has 2 fully saturated rings. The van der Waals surface area contributed by atoms with Crippen molar-refractivity contribution in [1.29, 1.82) is 0 Å². The van der Waals surface area contributed by atoms with E-state index in [-0.39, 0.29) is 25.2 Å². The van der Waals surface area contributed by atoms with E-state index in [0.717, 1.165) is 11.1 Å². The number of hydrogen-bond donors (Lipinski definition) is 2. The summed E-state index contributed by atoms with van der Waals surface area (Å²) in [4.78, 5) is 38.6. The van der Waals surface area contributed by atoms with Crippen molar-refractivity contribution in [2.24, 2.45) is 5.73 Å². The predicted molar refractivity (Wildman–Crippen MR) is 117 cm³/mol. The first-order chi connectivity index (χ1) is 15.4. The highest BCUT2D eigenvalue weighted by Gasteiger charge is 2.52. The summed E-state index contributed by atoms with van der Waals surface area (Å²) in [5, 5.41) is 2.48. The number of carbonyl (C=O) groups excluding carboxylic acids is 3. The Morgan fingerprint density at radius 3 is 2.56 bits per heavy atom. The van der Waals surface area contributed by atoms with E-state index < -0.39 is 29.6 Å². The molecule has 2 aliphatic rings. The minimum Gasteiger partial charge on any atom is -0.467 e. The number of amides is 2. The number of nitrogens with zero attached hydrogens (tertiary/aromatic N) is 1. The van der Waals surface area contributed by atoms with Crippen molar-refractivity contribution in [2.45, 2.75) is 18.2 Å². The first kappa shape index (κ1) is 23.2. The fourth-order valence-corrected chi connectivity index (χ4v) is 3.68. The van der Waals surface area contributed by atoms with Gasteiger partial charge in [0.15, 0.2) is 5.79 Å². The number of esters is 1. The SMILES string of the molecule is C=C/C(=C\C=C(/N)C(=O)NCC(=O)N1CC2(C[C@H]1C(=O)OC)OCCO2)c1ccccc1. The topological polar surface area (TPSA) is 120 Å². The van der Waals surface area contributed by atoms with E-state index in [2.05, 4.69) is 11.9 Å². The molecule has 3 N–H and O–H groups in total. The Labute approximate surface area is 186 Å². The Morgan fingerprint density at radius 2 is 1.94 bits per heavy atom. The number of methoxy groups -OCH3 is 1. The lowest BCUT2D eigenvalue weighted by Crippen LogP contribution is -2.47. The molecule has 170 valence electrons. The van der Waals surface area contributed by atoms with Gasteiger partial charge in [-0.25, -0.2) is 4.79 Å². The summed E-state index contributed by atoms with van der Waals surface area (Å²) in [6, 6.07) is 8.66. The fourth-order valence-electron chi connectivity index (χ4n) is 3.68. The van der Waals surface area contributed by atoms with Gasteiger partial charge >= 0.3 is 5.97 Å². The first-order valence-corrected chi connectivity index (χ1v) is 10.2. The average Bonchev–Trinajstić information content (AvgIpc) is 3.44. The molecule has 0 aromatic heterocycles. The zero-order valence-corrected chi connectivity index (χ0v) is 17.9. The molecule has 2 aliphatic heterocycles. The smallest absolute Gasteiger partial charge is 0.328 e. The van der Waals surface area contributed by atoms with Crippen molar-refractivity contribution in [3.05, 3.63) is 66.4 Å². The molecule has 3 rings (SSSR count). The highest BCUT2D eigenvalue weighted by Crippen LogP contribution is 2.35. The maximum Gasteiger partial charge on any atom is 0.328 e. The Bertz CT molecular complexity index is 934. The van der Waals surface area contributed by atoms with Crippen LogP contribution < -0.4 is 11.1 Å². The number of carbonyl (C=O) groups is 3. The van der Waals surface area contributed by atoms with Gasteiger partial charge < -0.3 is 30.2 Å². The molecule has 2 amide bonds. The lowest BCUT2D eigenvalue weighted by Gasteiger charge is -2.23. The molecule has 0 unspecified atom stereocenters. The van der Waals surface area contributed by atoms with Gasteiger partial charge in [0.05, 0.1) is 39.1 Å². The molecule has 1 atom stereocenters. The van der Waals surface area contributed by atoms with Crippen molar-refractivity contribution < 1.29 is 28.6 Å². The second kappa shape index (κ2) is 10.3. The number of nitrogens with one attached hydrogen (secondary N) is 1.